The molecule has 3 aromatic rings. The van der Waals surface area contributed by atoms with Crippen molar-refractivity contribution in [3.05, 3.63) is 69.9 Å². The van der Waals surface area contributed by atoms with Crippen LogP contribution in [0, 0.1) is 10.1 Å². The Kier molecular flexibility index (Phi) is 4.36. The first-order valence-corrected chi connectivity index (χ1v) is 8.33. The number of halogens is 1. The highest BCUT2D eigenvalue weighted by atomic mass is 35.5. The summed E-state index contributed by atoms with van der Waals surface area (Å²) in [5.74, 6) is 0. The van der Waals surface area contributed by atoms with Gasteiger partial charge in [0.15, 0.2) is 5.16 Å². The molecule has 0 bridgehead atoms. The summed E-state index contributed by atoms with van der Waals surface area (Å²) < 4.78 is 1.96. The van der Waals surface area contributed by atoms with Crippen LogP contribution in [0.3, 0.4) is 0 Å². The van der Waals surface area contributed by atoms with Gasteiger partial charge in [-0.05, 0) is 30.5 Å². The van der Waals surface area contributed by atoms with Gasteiger partial charge in [-0.15, -0.1) is 0 Å². The monoisotopic (exact) mass is 345 g/mol. The summed E-state index contributed by atoms with van der Waals surface area (Å²) in [7, 11) is 0. The number of nitro groups is 1. The second-order valence-electron chi connectivity index (χ2n) is 4.75. The summed E-state index contributed by atoms with van der Waals surface area (Å²) in [6.07, 6.45) is 3.66. The zero-order valence-electron chi connectivity index (χ0n) is 12.1. The van der Waals surface area contributed by atoms with Gasteiger partial charge in [-0.25, -0.2) is 4.98 Å². The van der Waals surface area contributed by atoms with Gasteiger partial charge in [0.2, 0.25) is 0 Å². The Hall–Kier alpha value is -2.31. The molecule has 0 saturated heterocycles. The fourth-order valence-corrected chi connectivity index (χ4v) is 2.97. The quantitative estimate of drug-likeness (QED) is 0.386. The molecule has 0 aliphatic carbocycles. The lowest BCUT2D eigenvalue weighted by Gasteiger charge is -2.11. The third-order valence-electron chi connectivity index (χ3n) is 3.35. The number of rotatable bonds is 4. The fourth-order valence-electron chi connectivity index (χ4n) is 2.30. The van der Waals surface area contributed by atoms with Gasteiger partial charge >= 0.3 is 0 Å². The average molecular weight is 346 g/mol. The van der Waals surface area contributed by atoms with Crippen LogP contribution in [0.5, 0.6) is 0 Å². The minimum Gasteiger partial charge on any atom is -0.287 e. The van der Waals surface area contributed by atoms with Crippen LogP contribution in [0.25, 0.3) is 16.9 Å². The molecule has 1 aromatic heterocycles. The maximum absolute atomic E-state index is 11.0. The number of thioether (sulfide) groups is 1. The zero-order valence-corrected chi connectivity index (χ0v) is 13.7. The normalized spacial score (nSPS) is 10.7. The Bertz CT molecular complexity index is 862. The van der Waals surface area contributed by atoms with Crippen molar-refractivity contribution in [1.29, 1.82) is 0 Å². The Labute approximate surface area is 142 Å². The molecule has 23 heavy (non-hydrogen) atoms. The topological polar surface area (TPSA) is 61.0 Å². The zero-order chi connectivity index (χ0) is 16.4. The molecule has 3 rings (SSSR count). The molecule has 1 heterocycles. The molecular formula is C16H12ClN3O2S. The Balaban J connectivity index is 2.17. The second kappa shape index (κ2) is 6.44. The highest BCUT2D eigenvalue weighted by molar-refractivity contribution is 7.98. The third kappa shape index (κ3) is 3.09. The number of hydrogen-bond acceptors (Lipinski definition) is 4. The van der Waals surface area contributed by atoms with E-state index in [0.717, 1.165) is 22.1 Å². The maximum atomic E-state index is 11.0. The molecule has 0 spiro atoms. The number of nitro benzene ring substituents is 1. The number of aromatic nitrogens is 2. The molecule has 0 amide bonds. The lowest BCUT2D eigenvalue weighted by Crippen LogP contribution is -1.99. The molecule has 7 heteroatoms. The molecule has 2 aromatic carbocycles. The highest BCUT2D eigenvalue weighted by Gasteiger charge is 2.15. The Morgan fingerprint density at radius 1 is 1.22 bits per heavy atom. The fraction of sp³-hybridized carbons (Fsp3) is 0.0625. The molecule has 116 valence electrons. The van der Waals surface area contributed by atoms with Gasteiger partial charge in [0.05, 0.1) is 16.8 Å². The first-order valence-electron chi connectivity index (χ1n) is 6.72. The van der Waals surface area contributed by atoms with E-state index < -0.39 is 4.92 Å². The van der Waals surface area contributed by atoms with Gasteiger partial charge in [0.1, 0.15) is 0 Å². The molecule has 0 radical (unpaired) electrons. The summed E-state index contributed by atoms with van der Waals surface area (Å²) in [4.78, 5) is 15.0. The lowest BCUT2D eigenvalue weighted by molar-refractivity contribution is -0.384. The predicted molar refractivity (Wildman–Crippen MR) is 92.4 cm³/mol. The Morgan fingerprint density at radius 3 is 2.61 bits per heavy atom. The number of non-ortho nitro benzene ring substituents is 1. The molecule has 0 fully saturated rings. The highest BCUT2D eigenvalue weighted by Crippen LogP contribution is 2.31. The van der Waals surface area contributed by atoms with Gasteiger partial charge < -0.3 is 0 Å². The third-order valence-corrected chi connectivity index (χ3v) is 4.25. The molecule has 0 unspecified atom stereocenters. The van der Waals surface area contributed by atoms with Crippen molar-refractivity contribution >= 4 is 29.1 Å². The number of benzene rings is 2. The van der Waals surface area contributed by atoms with Crippen molar-refractivity contribution in [1.82, 2.24) is 9.55 Å². The van der Waals surface area contributed by atoms with E-state index in [2.05, 4.69) is 4.98 Å². The second-order valence-corrected chi connectivity index (χ2v) is 5.96. The van der Waals surface area contributed by atoms with E-state index in [-0.39, 0.29) is 5.69 Å². The lowest BCUT2D eigenvalue weighted by atomic mass is 10.1. The summed E-state index contributed by atoms with van der Waals surface area (Å²) >= 11 is 7.46. The van der Waals surface area contributed by atoms with Crippen LogP contribution < -0.4 is 0 Å². The van der Waals surface area contributed by atoms with E-state index in [1.54, 1.807) is 30.5 Å². The van der Waals surface area contributed by atoms with Gasteiger partial charge in [0.25, 0.3) is 5.69 Å². The summed E-state index contributed by atoms with van der Waals surface area (Å²) in [6.45, 7) is 0. The van der Waals surface area contributed by atoms with Gasteiger partial charge in [-0.1, -0.05) is 35.5 Å². The summed E-state index contributed by atoms with van der Waals surface area (Å²) in [5, 5.41) is 12.5. The molecular weight excluding hydrogens is 334 g/mol. The van der Waals surface area contributed by atoms with E-state index in [1.165, 1.54) is 17.8 Å². The molecule has 0 N–H and O–H groups in total. The minimum absolute atomic E-state index is 0.0528. The van der Waals surface area contributed by atoms with Crippen molar-refractivity contribution < 1.29 is 4.92 Å². The summed E-state index contributed by atoms with van der Waals surface area (Å²) in [6, 6.07) is 13.9. The van der Waals surface area contributed by atoms with E-state index in [9.17, 15) is 10.1 Å². The van der Waals surface area contributed by atoms with E-state index in [0.29, 0.717) is 5.02 Å². The van der Waals surface area contributed by atoms with E-state index >= 15 is 0 Å². The van der Waals surface area contributed by atoms with E-state index in [1.807, 2.05) is 29.0 Å². The van der Waals surface area contributed by atoms with Gasteiger partial charge in [-0.2, -0.15) is 0 Å². The van der Waals surface area contributed by atoms with Crippen LogP contribution in [-0.4, -0.2) is 20.7 Å². The standard InChI is InChI=1S/C16H12ClN3O2S/c1-23-16-18-10-15(11-3-2-4-14(9-11)20(21)22)19(16)13-7-5-12(17)6-8-13/h2-10H,1H3. The molecule has 0 atom stereocenters. The van der Waals surface area contributed by atoms with Crippen LogP contribution in [0.15, 0.2) is 59.9 Å². The molecule has 0 aliphatic heterocycles. The Morgan fingerprint density at radius 2 is 1.96 bits per heavy atom. The number of imidazole rings is 1. The largest absolute Gasteiger partial charge is 0.287 e. The smallest absolute Gasteiger partial charge is 0.270 e. The van der Waals surface area contributed by atoms with Gasteiger partial charge in [0, 0.05) is 28.4 Å². The van der Waals surface area contributed by atoms with Crippen LogP contribution >= 0.6 is 23.4 Å². The first-order chi connectivity index (χ1) is 11.1. The number of nitrogens with zero attached hydrogens (tertiary/aromatic N) is 3. The molecule has 0 saturated carbocycles. The van der Waals surface area contributed by atoms with Crippen molar-refractivity contribution in [2.24, 2.45) is 0 Å². The van der Waals surface area contributed by atoms with E-state index in [4.69, 9.17) is 11.6 Å². The van der Waals surface area contributed by atoms with Crippen LogP contribution in [0.4, 0.5) is 5.69 Å². The maximum Gasteiger partial charge on any atom is 0.270 e. The van der Waals surface area contributed by atoms with Crippen molar-refractivity contribution in [2.75, 3.05) is 6.26 Å². The molecule has 0 aliphatic rings. The number of hydrogen-bond donors (Lipinski definition) is 0. The van der Waals surface area contributed by atoms with Crippen molar-refractivity contribution in [3.8, 4) is 16.9 Å². The van der Waals surface area contributed by atoms with Crippen molar-refractivity contribution in [3.63, 3.8) is 0 Å². The van der Waals surface area contributed by atoms with Gasteiger partial charge in [-0.3, -0.25) is 14.7 Å². The average Bonchev–Trinajstić information content (AvgIpc) is 2.99. The van der Waals surface area contributed by atoms with Crippen LogP contribution in [0.1, 0.15) is 0 Å². The first kappa shape index (κ1) is 15.6. The van der Waals surface area contributed by atoms with Crippen LogP contribution in [-0.2, 0) is 0 Å². The molecule has 5 nitrogen and oxygen atoms in total. The predicted octanol–water partition coefficient (Wildman–Crippen LogP) is 4.82. The SMILES string of the molecule is CSc1ncc(-c2cccc([N+](=O)[O-])c2)n1-c1ccc(Cl)cc1. The van der Waals surface area contributed by atoms with Crippen LogP contribution in [0.2, 0.25) is 5.02 Å². The van der Waals surface area contributed by atoms with Crippen molar-refractivity contribution in [2.45, 2.75) is 5.16 Å². The summed E-state index contributed by atoms with van der Waals surface area (Å²) in [5.41, 5.74) is 2.48. The minimum atomic E-state index is -0.401.